The molecule has 13 heavy (non-hydrogen) atoms. The summed E-state index contributed by atoms with van der Waals surface area (Å²) in [6.07, 6.45) is 0. The molecule has 4 nitrogen and oxygen atoms in total. The van der Waals surface area contributed by atoms with Crippen LogP contribution in [0.3, 0.4) is 0 Å². The summed E-state index contributed by atoms with van der Waals surface area (Å²) in [6, 6.07) is -0.371. The van der Waals surface area contributed by atoms with Crippen LogP contribution in [-0.2, 0) is 9.53 Å². The second-order valence-corrected chi connectivity index (χ2v) is 4.28. The number of aliphatic carboxylic acids is 1. The van der Waals surface area contributed by atoms with Crippen molar-refractivity contribution in [1.82, 2.24) is 5.32 Å². The Morgan fingerprint density at radius 2 is 2.31 bits per heavy atom. The molecule has 1 fully saturated rings. The van der Waals surface area contributed by atoms with Crippen LogP contribution < -0.4 is 5.32 Å². The lowest BCUT2D eigenvalue weighted by Crippen LogP contribution is -2.48. The van der Waals surface area contributed by atoms with Gasteiger partial charge in [0.2, 0.25) is 0 Å². The third-order valence-electron chi connectivity index (χ3n) is 2.52. The van der Waals surface area contributed by atoms with Gasteiger partial charge in [0, 0.05) is 11.5 Å². The van der Waals surface area contributed by atoms with Crippen molar-refractivity contribution in [3.8, 4) is 0 Å². The van der Waals surface area contributed by atoms with E-state index in [1.165, 1.54) is 0 Å². The molecule has 0 saturated carbocycles. The predicted octanol–water partition coefficient (Wildman–Crippen LogP) is 0.474. The van der Waals surface area contributed by atoms with Crippen molar-refractivity contribution >= 4 is 5.97 Å². The van der Waals surface area contributed by atoms with Gasteiger partial charge in [0.05, 0.1) is 13.2 Å². The molecule has 1 saturated heterocycles. The Morgan fingerprint density at radius 3 is 2.69 bits per heavy atom. The fourth-order valence-corrected chi connectivity index (χ4v) is 1.41. The van der Waals surface area contributed by atoms with Gasteiger partial charge in [0.25, 0.3) is 0 Å². The summed E-state index contributed by atoms with van der Waals surface area (Å²) in [5.41, 5.74) is 0.0315. The molecule has 1 rings (SSSR count). The number of carboxylic acid groups (broad SMARTS) is 1. The molecule has 0 aromatic carbocycles. The first-order valence-corrected chi connectivity index (χ1v) is 4.50. The minimum absolute atomic E-state index is 0.0315. The maximum absolute atomic E-state index is 10.6. The van der Waals surface area contributed by atoms with Crippen molar-refractivity contribution in [3.63, 3.8) is 0 Å². The number of carboxylic acids is 1. The van der Waals surface area contributed by atoms with Gasteiger partial charge in [0.15, 0.2) is 0 Å². The van der Waals surface area contributed by atoms with E-state index in [1.54, 1.807) is 6.92 Å². The highest BCUT2D eigenvalue weighted by Gasteiger charge is 2.36. The van der Waals surface area contributed by atoms with Crippen LogP contribution in [0.1, 0.15) is 20.8 Å². The number of rotatable bonds is 3. The van der Waals surface area contributed by atoms with Gasteiger partial charge in [-0.05, 0) is 6.92 Å². The average molecular weight is 187 g/mol. The normalized spacial score (nSPS) is 28.7. The largest absolute Gasteiger partial charge is 0.480 e. The van der Waals surface area contributed by atoms with Crippen molar-refractivity contribution in [3.05, 3.63) is 0 Å². The summed E-state index contributed by atoms with van der Waals surface area (Å²) >= 11 is 0. The van der Waals surface area contributed by atoms with E-state index in [4.69, 9.17) is 9.84 Å². The molecular weight excluding hydrogens is 170 g/mol. The van der Waals surface area contributed by atoms with Crippen molar-refractivity contribution in [2.24, 2.45) is 5.41 Å². The van der Waals surface area contributed by atoms with Crippen molar-refractivity contribution in [2.75, 3.05) is 13.2 Å². The van der Waals surface area contributed by atoms with Gasteiger partial charge in [0.1, 0.15) is 6.04 Å². The summed E-state index contributed by atoms with van der Waals surface area (Å²) < 4.78 is 5.30. The molecule has 0 aromatic heterocycles. The highest BCUT2D eigenvalue weighted by Crippen LogP contribution is 2.27. The molecule has 0 aliphatic carbocycles. The van der Waals surface area contributed by atoms with Crippen LogP contribution in [0.15, 0.2) is 0 Å². The lowest BCUT2D eigenvalue weighted by molar-refractivity contribution is -0.139. The monoisotopic (exact) mass is 187 g/mol. The minimum Gasteiger partial charge on any atom is -0.480 e. The number of nitrogens with one attached hydrogen (secondary N) is 1. The van der Waals surface area contributed by atoms with Crippen molar-refractivity contribution < 1.29 is 14.6 Å². The zero-order valence-corrected chi connectivity index (χ0v) is 8.33. The van der Waals surface area contributed by atoms with E-state index in [-0.39, 0.29) is 11.5 Å². The van der Waals surface area contributed by atoms with Gasteiger partial charge in [-0.1, -0.05) is 13.8 Å². The smallest absolute Gasteiger partial charge is 0.320 e. The molecule has 0 radical (unpaired) electrons. The molecule has 0 aromatic rings. The number of carbonyl (C=O) groups is 1. The summed E-state index contributed by atoms with van der Waals surface area (Å²) in [5.74, 6) is -0.817. The van der Waals surface area contributed by atoms with Gasteiger partial charge in [-0.25, -0.2) is 0 Å². The zero-order chi connectivity index (χ0) is 10.1. The van der Waals surface area contributed by atoms with E-state index in [9.17, 15) is 4.79 Å². The maximum Gasteiger partial charge on any atom is 0.320 e. The Kier molecular flexibility index (Phi) is 2.93. The number of hydrogen-bond acceptors (Lipinski definition) is 3. The summed E-state index contributed by atoms with van der Waals surface area (Å²) in [5, 5.41) is 11.8. The first-order chi connectivity index (χ1) is 5.93. The Morgan fingerprint density at radius 1 is 1.69 bits per heavy atom. The van der Waals surface area contributed by atoms with Crippen LogP contribution in [0.25, 0.3) is 0 Å². The molecule has 1 heterocycles. The second-order valence-electron chi connectivity index (χ2n) is 4.28. The van der Waals surface area contributed by atoms with E-state index < -0.39 is 12.0 Å². The summed E-state index contributed by atoms with van der Waals surface area (Å²) in [6.45, 7) is 7.09. The van der Waals surface area contributed by atoms with E-state index in [0.29, 0.717) is 13.2 Å². The Labute approximate surface area is 78.3 Å². The van der Waals surface area contributed by atoms with Gasteiger partial charge in [-0.15, -0.1) is 0 Å². The SMILES string of the molecule is C[C@H](NC1COCC1(C)C)C(=O)O. The zero-order valence-electron chi connectivity index (χ0n) is 8.33. The van der Waals surface area contributed by atoms with Gasteiger partial charge in [-0.2, -0.15) is 0 Å². The average Bonchev–Trinajstić information content (AvgIpc) is 2.30. The molecule has 1 aliphatic heterocycles. The van der Waals surface area contributed by atoms with Crippen LogP contribution in [0.2, 0.25) is 0 Å². The molecular formula is C9H17NO3. The lowest BCUT2D eigenvalue weighted by atomic mass is 9.87. The molecule has 2 atom stereocenters. The summed E-state index contributed by atoms with van der Waals surface area (Å²) in [4.78, 5) is 10.6. The van der Waals surface area contributed by atoms with Crippen molar-refractivity contribution in [1.29, 1.82) is 0 Å². The van der Waals surface area contributed by atoms with E-state index in [1.807, 2.05) is 0 Å². The molecule has 1 aliphatic rings. The fraction of sp³-hybridized carbons (Fsp3) is 0.889. The third-order valence-corrected chi connectivity index (χ3v) is 2.52. The Bertz CT molecular complexity index is 203. The van der Waals surface area contributed by atoms with Gasteiger partial charge in [-0.3, -0.25) is 10.1 Å². The molecule has 0 spiro atoms. The highest BCUT2D eigenvalue weighted by molar-refractivity contribution is 5.72. The van der Waals surface area contributed by atoms with Crippen molar-refractivity contribution in [2.45, 2.75) is 32.9 Å². The molecule has 4 heteroatoms. The first-order valence-electron chi connectivity index (χ1n) is 4.50. The molecule has 2 N–H and O–H groups in total. The maximum atomic E-state index is 10.6. The van der Waals surface area contributed by atoms with Crippen LogP contribution in [0.5, 0.6) is 0 Å². The van der Waals surface area contributed by atoms with E-state index in [2.05, 4.69) is 19.2 Å². The van der Waals surface area contributed by atoms with Gasteiger partial charge < -0.3 is 9.84 Å². The van der Waals surface area contributed by atoms with E-state index >= 15 is 0 Å². The third kappa shape index (κ3) is 2.42. The number of ether oxygens (including phenoxy) is 1. The molecule has 76 valence electrons. The number of hydrogen-bond donors (Lipinski definition) is 2. The molecule has 0 amide bonds. The van der Waals surface area contributed by atoms with Crippen LogP contribution in [0, 0.1) is 5.41 Å². The van der Waals surface area contributed by atoms with Crippen LogP contribution in [0.4, 0.5) is 0 Å². The standard InChI is InChI=1S/C9H17NO3/c1-6(8(11)12)10-7-4-13-5-9(7,2)3/h6-7,10H,4-5H2,1-3H3,(H,11,12)/t6-,7?/m0/s1. The fourth-order valence-electron chi connectivity index (χ4n) is 1.41. The second kappa shape index (κ2) is 3.64. The molecule has 0 bridgehead atoms. The lowest BCUT2D eigenvalue weighted by Gasteiger charge is -2.27. The highest BCUT2D eigenvalue weighted by atomic mass is 16.5. The van der Waals surface area contributed by atoms with Gasteiger partial charge >= 0.3 is 5.97 Å². The topological polar surface area (TPSA) is 58.6 Å². The minimum atomic E-state index is -0.817. The predicted molar refractivity (Wildman–Crippen MR) is 48.6 cm³/mol. The van der Waals surface area contributed by atoms with E-state index in [0.717, 1.165) is 0 Å². The molecule has 1 unspecified atom stereocenters. The van der Waals surface area contributed by atoms with Crippen LogP contribution in [-0.4, -0.2) is 36.4 Å². The summed E-state index contributed by atoms with van der Waals surface area (Å²) in [7, 11) is 0. The quantitative estimate of drug-likeness (QED) is 0.674. The van der Waals surface area contributed by atoms with Crippen LogP contribution >= 0.6 is 0 Å². The Hall–Kier alpha value is -0.610. The Balaban J connectivity index is 2.49. The first kappa shape index (κ1) is 10.5.